The lowest BCUT2D eigenvalue weighted by molar-refractivity contribution is -0.127. The molecule has 6 nitrogen and oxygen atoms in total. The molecule has 26 heavy (non-hydrogen) atoms. The van der Waals surface area contributed by atoms with Gasteiger partial charge in [-0.05, 0) is 56.7 Å². The number of carbonyl (C=O) groups excluding carboxylic acids is 2. The van der Waals surface area contributed by atoms with Crippen LogP contribution in [0.2, 0.25) is 0 Å². The van der Waals surface area contributed by atoms with E-state index < -0.39 is 0 Å². The summed E-state index contributed by atoms with van der Waals surface area (Å²) in [5.74, 6) is 1.05. The average molecular weight is 359 g/mol. The fraction of sp³-hybridized carbons (Fsp3) is 0.600. The Morgan fingerprint density at radius 1 is 1.31 bits per heavy atom. The van der Waals surface area contributed by atoms with Crippen molar-refractivity contribution in [1.29, 1.82) is 0 Å². The van der Waals surface area contributed by atoms with E-state index in [1.54, 1.807) is 0 Å². The standard InChI is InChI=1S/C20H29N3O3/c1-15(14-23-11-5-10-19(23)24)22-20(25)21-13-16-6-4-9-18(12-16)26-17-7-2-3-8-17/h4,6,9,12,15,17H,2-3,5,7-8,10-11,13-14H2,1H3,(H2,21,22,25)/t15-/m0/s1. The van der Waals surface area contributed by atoms with Crippen LogP contribution in [0.15, 0.2) is 24.3 Å². The van der Waals surface area contributed by atoms with Crippen molar-refractivity contribution in [3.63, 3.8) is 0 Å². The summed E-state index contributed by atoms with van der Waals surface area (Å²) in [6, 6.07) is 7.61. The molecule has 3 rings (SSSR count). The Hall–Kier alpha value is -2.24. The molecule has 1 aromatic rings. The fourth-order valence-corrected chi connectivity index (χ4v) is 3.66. The third kappa shape index (κ3) is 5.38. The van der Waals surface area contributed by atoms with Crippen molar-refractivity contribution in [2.45, 2.75) is 64.1 Å². The van der Waals surface area contributed by atoms with Crippen LogP contribution < -0.4 is 15.4 Å². The number of hydrogen-bond acceptors (Lipinski definition) is 3. The Kier molecular flexibility index (Phi) is 6.36. The van der Waals surface area contributed by atoms with Gasteiger partial charge in [-0.2, -0.15) is 0 Å². The monoisotopic (exact) mass is 359 g/mol. The van der Waals surface area contributed by atoms with Gasteiger partial charge in [-0.25, -0.2) is 4.79 Å². The first kappa shape index (κ1) is 18.5. The highest BCUT2D eigenvalue weighted by Gasteiger charge is 2.22. The number of rotatable bonds is 7. The Morgan fingerprint density at radius 2 is 2.12 bits per heavy atom. The third-order valence-corrected chi connectivity index (χ3v) is 5.00. The third-order valence-electron chi connectivity index (χ3n) is 5.00. The quantitative estimate of drug-likeness (QED) is 0.786. The molecule has 6 heteroatoms. The highest BCUT2D eigenvalue weighted by atomic mass is 16.5. The molecule has 1 atom stereocenters. The Bertz CT molecular complexity index is 628. The molecule has 0 spiro atoms. The molecule has 142 valence electrons. The van der Waals surface area contributed by atoms with Crippen LogP contribution in [-0.4, -0.2) is 42.1 Å². The van der Waals surface area contributed by atoms with Gasteiger partial charge in [-0.1, -0.05) is 12.1 Å². The average Bonchev–Trinajstić information content (AvgIpc) is 3.26. The Balaban J connectivity index is 1.41. The summed E-state index contributed by atoms with van der Waals surface area (Å²) in [5.41, 5.74) is 1.01. The number of carbonyl (C=O) groups is 2. The maximum Gasteiger partial charge on any atom is 0.315 e. The molecule has 1 saturated heterocycles. The lowest BCUT2D eigenvalue weighted by Crippen LogP contribution is -2.46. The van der Waals surface area contributed by atoms with Gasteiger partial charge in [0.1, 0.15) is 5.75 Å². The molecular formula is C20H29N3O3. The molecule has 2 N–H and O–H groups in total. The minimum absolute atomic E-state index is 0.0749. The SMILES string of the molecule is C[C@@H](CN1CCCC1=O)NC(=O)NCc1cccc(OC2CCCC2)c1. The predicted molar refractivity (Wildman–Crippen MR) is 100.0 cm³/mol. The Labute approximate surface area is 155 Å². The number of likely N-dealkylation sites (tertiary alicyclic amines) is 1. The van der Waals surface area contributed by atoms with E-state index in [0.29, 0.717) is 25.6 Å². The molecule has 1 saturated carbocycles. The van der Waals surface area contributed by atoms with Gasteiger partial charge >= 0.3 is 6.03 Å². The molecular weight excluding hydrogens is 330 g/mol. The fourth-order valence-electron chi connectivity index (χ4n) is 3.66. The number of hydrogen-bond donors (Lipinski definition) is 2. The van der Waals surface area contributed by atoms with Crippen molar-refractivity contribution < 1.29 is 14.3 Å². The minimum atomic E-state index is -0.216. The van der Waals surface area contributed by atoms with Crippen LogP contribution in [0.25, 0.3) is 0 Å². The van der Waals surface area contributed by atoms with E-state index >= 15 is 0 Å². The summed E-state index contributed by atoms with van der Waals surface area (Å²) in [6.45, 7) is 3.72. The van der Waals surface area contributed by atoms with Crippen molar-refractivity contribution in [2.24, 2.45) is 0 Å². The first-order chi connectivity index (χ1) is 12.6. The van der Waals surface area contributed by atoms with Crippen LogP contribution in [0.5, 0.6) is 5.75 Å². The topological polar surface area (TPSA) is 70.7 Å². The first-order valence-electron chi connectivity index (χ1n) is 9.68. The minimum Gasteiger partial charge on any atom is -0.490 e. The van der Waals surface area contributed by atoms with Crippen molar-refractivity contribution in [2.75, 3.05) is 13.1 Å². The molecule has 3 amide bonds. The van der Waals surface area contributed by atoms with Crippen LogP contribution in [-0.2, 0) is 11.3 Å². The van der Waals surface area contributed by atoms with E-state index in [4.69, 9.17) is 4.74 Å². The molecule has 2 aliphatic rings. The maximum absolute atomic E-state index is 12.1. The van der Waals surface area contributed by atoms with Gasteiger partial charge in [0, 0.05) is 32.1 Å². The molecule has 2 fully saturated rings. The summed E-state index contributed by atoms with van der Waals surface area (Å²) in [6.07, 6.45) is 6.61. The highest BCUT2D eigenvalue weighted by Crippen LogP contribution is 2.24. The summed E-state index contributed by atoms with van der Waals surface area (Å²) in [4.78, 5) is 25.6. The maximum atomic E-state index is 12.1. The molecule has 1 heterocycles. The van der Waals surface area contributed by atoms with Crippen LogP contribution in [0.1, 0.15) is 51.0 Å². The lowest BCUT2D eigenvalue weighted by Gasteiger charge is -2.21. The highest BCUT2D eigenvalue weighted by molar-refractivity contribution is 5.78. The number of ether oxygens (including phenoxy) is 1. The van der Waals surface area contributed by atoms with Crippen molar-refractivity contribution in [3.8, 4) is 5.75 Å². The normalized spacial score (nSPS) is 18.8. The van der Waals surface area contributed by atoms with Gasteiger partial charge in [0.2, 0.25) is 5.91 Å². The van der Waals surface area contributed by atoms with Crippen molar-refractivity contribution in [3.05, 3.63) is 29.8 Å². The van der Waals surface area contributed by atoms with Gasteiger partial charge in [0.05, 0.1) is 6.10 Å². The second-order valence-corrected chi connectivity index (χ2v) is 7.34. The van der Waals surface area contributed by atoms with Crippen molar-refractivity contribution in [1.82, 2.24) is 15.5 Å². The molecule has 1 aromatic carbocycles. The Morgan fingerprint density at radius 3 is 2.85 bits per heavy atom. The van der Waals surface area contributed by atoms with Gasteiger partial charge in [0.25, 0.3) is 0 Å². The van der Waals surface area contributed by atoms with Crippen LogP contribution in [0.3, 0.4) is 0 Å². The zero-order valence-electron chi connectivity index (χ0n) is 15.5. The van der Waals surface area contributed by atoms with E-state index in [1.807, 2.05) is 36.1 Å². The van der Waals surface area contributed by atoms with Gasteiger partial charge in [-0.15, -0.1) is 0 Å². The number of amides is 3. The van der Waals surface area contributed by atoms with Gasteiger partial charge in [-0.3, -0.25) is 4.79 Å². The molecule has 0 radical (unpaired) electrons. The predicted octanol–water partition coefficient (Wildman–Crippen LogP) is 2.82. The molecule has 1 aliphatic carbocycles. The van der Waals surface area contributed by atoms with Crippen molar-refractivity contribution >= 4 is 11.9 Å². The van der Waals surface area contributed by atoms with Crippen LogP contribution in [0.4, 0.5) is 4.79 Å². The molecule has 0 bridgehead atoms. The van der Waals surface area contributed by atoms with E-state index in [2.05, 4.69) is 10.6 Å². The smallest absolute Gasteiger partial charge is 0.315 e. The second-order valence-electron chi connectivity index (χ2n) is 7.34. The summed E-state index contributed by atoms with van der Waals surface area (Å²) >= 11 is 0. The zero-order chi connectivity index (χ0) is 18.4. The number of nitrogens with one attached hydrogen (secondary N) is 2. The lowest BCUT2D eigenvalue weighted by atomic mass is 10.2. The zero-order valence-corrected chi connectivity index (χ0v) is 15.5. The number of benzene rings is 1. The first-order valence-corrected chi connectivity index (χ1v) is 9.68. The van der Waals surface area contributed by atoms with Crippen LogP contribution >= 0.6 is 0 Å². The molecule has 0 unspecified atom stereocenters. The van der Waals surface area contributed by atoms with Crippen LogP contribution in [0, 0.1) is 0 Å². The van der Waals surface area contributed by atoms with E-state index in [0.717, 1.165) is 37.1 Å². The van der Waals surface area contributed by atoms with Gasteiger partial charge in [0.15, 0.2) is 0 Å². The molecule has 1 aliphatic heterocycles. The molecule has 0 aromatic heterocycles. The van der Waals surface area contributed by atoms with E-state index in [1.165, 1.54) is 12.8 Å². The number of nitrogens with zero attached hydrogens (tertiary/aromatic N) is 1. The second kappa shape index (κ2) is 8.92. The summed E-state index contributed by atoms with van der Waals surface area (Å²) in [5, 5.41) is 5.77. The number of urea groups is 1. The van der Waals surface area contributed by atoms with Gasteiger partial charge < -0.3 is 20.3 Å². The van der Waals surface area contributed by atoms with E-state index in [9.17, 15) is 9.59 Å². The largest absolute Gasteiger partial charge is 0.490 e. The summed E-state index contributed by atoms with van der Waals surface area (Å²) < 4.78 is 6.01. The van der Waals surface area contributed by atoms with E-state index in [-0.39, 0.29) is 18.0 Å². The summed E-state index contributed by atoms with van der Waals surface area (Å²) in [7, 11) is 0.